The second-order valence-electron chi connectivity index (χ2n) is 6.16. The highest BCUT2D eigenvalue weighted by molar-refractivity contribution is 5.81. The molecule has 4 rings (SSSR count). The van der Waals surface area contributed by atoms with Gasteiger partial charge in [-0.2, -0.15) is 0 Å². The molecule has 0 bridgehead atoms. The van der Waals surface area contributed by atoms with E-state index in [0.717, 1.165) is 28.3 Å². The average Bonchev–Trinajstić information content (AvgIpc) is 2.71. The highest BCUT2D eigenvalue weighted by Crippen LogP contribution is 2.34. The Balaban J connectivity index is 1.95. The summed E-state index contributed by atoms with van der Waals surface area (Å²) in [6, 6.07) is 29.2. The van der Waals surface area contributed by atoms with E-state index in [1.54, 1.807) is 0 Å². The predicted octanol–water partition coefficient (Wildman–Crippen LogP) is 6.97. The molecule has 0 aliphatic carbocycles. The van der Waals surface area contributed by atoms with Gasteiger partial charge in [-0.25, -0.2) is 8.78 Å². The van der Waals surface area contributed by atoms with Crippen molar-refractivity contribution in [2.45, 2.75) is 0 Å². The molecular weight excluding hydrogens is 326 g/mol. The Bertz CT molecular complexity index is 981. The fourth-order valence-corrected chi connectivity index (χ4v) is 3.10. The summed E-state index contributed by atoms with van der Waals surface area (Å²) in [4.78, 5) is 0. The fourth-order valence-electron chi connectivity index (χ4n) is 3.10. The van der Waals surface area contributed by atoms with Crippen molar-refractivity contribution in [3.05, 3.63) is 109 Å². The third-order valence-electron chi connectivity index (χ3n) is 4.39. The number of rotatable bonds is 3. The lowest BCUT2D eigenvalue weighted by molar-refractivity contribution is 0.603. The highest BCUT2D eigenvalue weighted by Gasteiger charge is 2.11. The molecule has 0 aliphatic heterocycles. The molecule has 26 heavy (non-hydrogen) atoms. The fraction of sp³-hybridized carbons (Fsp3) is 0. The molecule has 0 spiro atoms. The van der Waals surface area contributed by atoms with Crippen molar-refractivity contribution >= 4 is 0 Å². The molecular formula is C24H16F2. The van der Waals surface area contributed by atoms with Crippen LogP contribution in [0.1, 0.15) is 0 Å². The summed E-state index contributed by atoms with van der Waals surface area (Å²) in [5, 5.41) is 0. The molecule has 0 amide bonds. The zero-order chi connectivity index (χ0) is 17.9. The van der Waals surface area contributed by atoms with Crippen LogP contribution in [0.4, 0.5) is 8.78 Å². The molecule has 2 heteroatoms. The molecule has 0 nitrogen and oxygen atoms in total. The Morgan fingerprint density at radius 3 is 1.46 bits per heavy atom. The summed E-state index contributed by atoms with van der Waals surface area (Å²) in [6.07, 6.45) is 0. The van der Waals surface area contributed by atoms with Crippen molar-refractivity contribution in [2.75, 3.05) is 0 Å². The van der Waals surface area contributed by atoms with Crippen molar-refractivity contribution in [3.63, 3.8) is 0 Å². The Morgan fingerprint density at radius 2 is 0.923 bits per heavy atom. The van der Waals surface area contributed by atoms with Crippen molar-refractivity contribution in [3.8, 4) is 33.4 Å². The van der Waals surface area contributed by atoms with Crippen LogP contribution in [0.5, 0.6) is 0 Å². The van der Waals surface area contributed by atoms with Crippen LogP contribution < -0.4 is 0 Å². The van der Waals surface area contributed by atoms with Crippen LogP contribution in [0.15, 0.2) is 97.1 Å². The average molecular weight is 342 g/mol. The first-order chi connectivity index (χ1) is 12.7. The Kier molecular flexibility index (Phi) is 4.32. The minimum absolute atomic E-state index is 0.264. The number of benzene rings is 4. The molecule has 0 heterocycles. The third kappa shape index (κ3) is 3.27. The van der Waals surface area contributed by atoms with E-state index < -0.39 is 11.6 Å². The summed E-state index contributed by atoms with van der Waals surface area (Å²) in [7, 11) is 0. The van der Waals surface area contributed by atoms with Crippen molar-refractivity contribution in [1.29, 1.82) is 0 Å². The Hall–Kier alpha value is -3.26. The van der Waals surface area contributed by atoms with Crippen LogP contribution in [0.25, 0.3) is 33.4 Å². The van der Waals surface area contributed by atoms with Crippen LogP contribution in [-0.4, -0.2) is 0 Å². The molecule has 0 aromatic heterocycles. The first-order valence-electron chi connectivity index (χ1n) is 8.42. The van der Waals surface area contributed by atoms with Crippen LogP contribution in [0, 0.1) is 11.6 Å². The van der Waals surface area contributed by atoms with Gasteiger partial charge in [0.1, 0.15) is 11.6 Å². The van der Waals surface area contributed by atoms with Gasteiger partial charge >= 0.3 is 0 Å². The lowest BCUT2D eigenvalue weighted by atomic mass is 9.93. The minimum atomic E-state index is -0.451. The molecule has 0 saturated heterocycles. The SMILES string of the molecule is Fc1ccc(F)c(-c2cc(-c3ccccc3)cc(-c3ccccc3)c2)c1. The van der Waals surface area contributed by atoms with E-state index in [0.29, 0.717) is 5.56 Å². The van der Waals surface area contributed by atoms with E-state index >= 15 is 0 Å². The number of hydrogen-bond acceptors (Lipinski definition) is 0. The van der Waals surface area contributed by atoms with Crippen LogP contribution >= 0.6 is 0 Å². The molecule has 4 aromatic rings. The lowest BCUT2D eigenvalue weighted by Gasteiger charge is -2.12. The topological polar surface area (TPSA) is 0 Å². The van der Waals surface area contributed by atoms with Gasteiger partial charge in [0.15, 0.2) is 0 Å². The zero-order valence-electron chi connectivity index (χ0n) is 14.0. The van der Waals surface area contributed by atoms with Crippen molar-refractivity contribution in [1.82, 2.24) is 0 Å². The van der Waals surface area contributed by atoms with Crippen LogP contribution in [0.2, 0.25) is 0 Å². The number of halogens is 2. The smallest absolute Gasteiger partial charge is 0.131 e. The number of hydrogen-bond donors (Lipinski definition) is 0. The summed E-state index contributed by atoms with van der Waals surface area (Å²) in [5.74, 6) is -0.886. The van der Waals surface area contributed by atoms with Crippen LogP contribution in [0.3, 0.4) is 0 Å². The standard InChI is InChI=1S/C24H16F2/c25-22-11-12-24(26)23(16-22)21-14-19(17-7-3-1-4-8-17)13-20(15-21)18-9-5-2-6-10-18/h1-16H. The predicted molar refractivity (Wildman–Crippen MR) is 103 cm³/mol. The van der Waals surface area contributed by atoms with Gasteiger partial charge in [-0.05, 0) is 64.2 Å². The summed E-state index contributed by atoms with van der Waals surface area (Å²) in [6.45, 7) is 0. The van der Waals surface area contributed by atoms with Gasteiger partial charge < -0.3 is 0 Å². The van der Waals surface area contributed by atoms with Gasteiger partial charge in [0.25, 0.3) is 0 Å². The summed E-state index contributed by atoms with van der Waals surface area (Å²) in [5.41, 5.74) is 4.91. The molecule has 0 atom stereocenters. The molecule has 0 radical (unpaired) electrons. The van der Waals surface area contributed by atoms with E-state index in [-0.39, 0.29) is 5.56 Å². The maximum absolute atomic E-state index is 14.4. The zero-order valence-corrected chi connectivity index (χ0v) is 14.0. The van der Waals surface area contributed by atoms with Gasteiger partial charge in [-0.15, -0.1) is 0 Å². The molecule has 0 unspecified atom stereocenters. The van der Waals surface area contributed by atoms with Crippen LogP contribution in [-0.2, 0) is 0 Å². The summed E-state index contributed by atoms with van der Waals surface area (Å²) >= 11 is 0. The largest absolute Gasteiger partial charge is 0.207 e. The van der Waals surface area contributed by atoms with Crippen molar-refractivity contribution < 1.29 is 8.78 Å². The lowest BCUT2D eigenvalue weighted by Crippen LogP contribution is -1.90. The van der Waals surface area contributed by atoms with E-state index in [2.05, 4.69) is 6.07 Å². The molecule has 4 aromatic carbocycles. The molecule has 0 aliphatic rings. The van der Waals surface area contributed by atoms with E-state index in [4.69, 9.17) is 0 Å². The molecule has 0 saturated carbocycles. The monoisotopic (exact) mass is 342 g/mol. The van der Waals surface area contributed by atoms with Crippen molar-refractivity contribution in [2.24, 2.45) is 0 Å². The van der Waals surface area contributed by atoms with E-state index in [9.17, 15) is 8.78 Å². The summed E-state index contributed by atoms with van der Waals surface area (Å²) < 4.78 is 28.1. The quantitative estimate of drug-likeness (QED) is 0.377. The van der Waals surface area contributed by atoms with Gasteiger partial charge in [-0.1, -0.05) is 60.7 Å². The first-order valence-corrected chi connectivity index (χ1v) is 8.42. The first kappa shape index (κ1) is 16.2. The molecule has 0 N–H and O–H groups in total. The second-order valence-corrected chi connectivity index (χ2v) is 6.16. The Labute approximate surface area is 151 Å². The Morgan fingerprint density at radius 1 is 0.423 bits per heavy atom. The normalized spacial score (nSPS) is 10.7. The maximum Gasteiger partial charge on any atom is 0.131 e. The van der Waals surface area contributed by atoms with Gasteiger partial charge in [0.2, 0.25) is 0 Å². The van der Waals surface area contributed by atoms with Gasteiger partial charge in [0.05, 0.1) is 0 Å². The second kappa shape index (κ2) is 6.93. The van der Waals surface area contributed by atoms with E-state index in [1.165, 1.54) is 12.1 Å². The maximum atomic E-state index is 14.4. The van der Waals surface area contributed by atoms with E-state index in [1.807, 2.05) is 72.8 Å². The minimum Gasteiger partial charge on any atom is -0.207 e. The van der Waals surface area contributed by atoms with Gasteiger partial charge in [-0.3, -0.25) is 0 Å². The van der Waals surface area contributed by atoms with Gasteiger partial charge in [0, 0.05) is 5.56 Å². The molecule has 126 valence electrons. The highest BCUT2D eigenvalue weighted by atomic mass is 19.1. The molecule has 0 fully saturated rings. The third-order valence-corrected chi connectivity index (χ3v) is 4.39.